The van der Waals surface area contributed by atoms with Crippen molar-refractivity contribution in [2.24, 2.45) is 0 Å². The number of methoxy groups -OCH3 is 1. The van der Waals surface area contributed by atoms with Crippen molar-refractivity contribution in [3.8, 4) is 11.5 Å². The molecule has 2 aromatic carbocycles. The number of benzene rings is 2. The Morgan fingerprint density at radius 1 is 1.07 bits per heavy atom. The molecule has 7 nitrogen and oxygen atoms in total. The fraction of sp³-hybridized carbons (Fsp3) is 0.350. The summed E-state index contributed by atoms with van der Waals surface area (Å²) in [6.45, 7) is 5.30. The van der Waals surface area contributed by atoms with Crippen LogP contribution in [0.15, 0.2) is 53.4 Å². The molecule has 0 radical (unpaired) electrons. The summed E-state index contributed by atoms with van der Waals surface area (Å²) >= 11 is 0. The van der Waals surface area contributed by atoms with Gasteiger partial charge in [-0.15, -0.1) is 0 Å². The molecular formula is C20H24N2O5S. The minimum Gasteiger partial charge on any atom is -0.497 e. The number of hydrogen-bond acceptors (Lipinski definition) is 5. The van der Waals surface area contributed by atoms with Crippen LogP contribution in [0.5, 0.6) is 11.5 Å². The van der Waals surface area contributed by atoms with Crippen LogP contribution in [0, 0.1) is 0 Å². The van der Waals surface area contributed by atoms with E-state index < -0.39 is 10.1 Å². The molecule has 2 aromatic rings. The molecule has 0 saturated carbocycles. The van der Waals surface area contributed by atoms with Gasteiger partial charge in [0.25, 0.3) is 0 Å². The molecular weight excluding hydrogens is 380 g/mol. The Balaban J connectivity index is 1.75. The molecule has 1 heterocycles. The van der Waals surface area contributed by atoms with Gasteiger partial charge in [0.15, 0.2) is 0 Å². The molecule has 0 bridgehead atoms. The van der Waals surface area contributed by atoms with Crippen molar-refractivity contribution in [2.75, 3.05) is 25.1 Å². The second-order valence-electron chi connectivity index (χ2n) is 6.60. The summed E-state index contributed by atoms with van der Waals surface area (Å²) in [5.74, 6) is 0.670. The van der Waals surface area contributed by atoms with Gasteiger partial charge >= 0.3 is 16.1 Å². The molecule has 28 heavy (non-hydrogen) atoms. The smallest absolute Gasteiger partial charge is 0.339 e. The molecule has 1 saturated heterocycles. The van der Waals surface area contributed by atoms with Gasteiger partial charge in [0, 0.05) is 30.9 Å². The van der Waals surface area contributed by atoms with Crippen LogP contribution in [-0.4, -0.2) is 45.6 Å². The highest BCUT2D eigenvalue weighted by Gasteiger charge is 2.32. The number of carbonyl (C=O) groups excluding carboxylic acids is 1. The first-order chi connectivity index (χ1) is 13.4. The maximum atomic E-state index is 12.6. The first kappa shape index (κ1) is 20.0. The van der Waals surface area contributed by atoms with Gasteiger partial charge in [-0.3, -0.25) is 4.90 Å². The van der Waals surface area contributed by atoms with Crippen LogP contribution in [0.2, 0.25) is 0 Å². The Hall–Kier alpha value is -2.74. The average molecular weight is 404 g/mol. The van der Waals surface area contributed by atoms with Gasteiger partial charge in [-0.05, 0) is 49.7 Å². The zero-order chi connectivity index (χ0) is 20.3. The summed E-state index contributed by atoms with van der Waals surface area (Å²) in [7, 11) is -2.50. The highest BCUT2D eigenvalue weighted by Crippen LogP contribution is 2.26. The average Bonchev–Trinajstić information content (AvgIpc) is 3.08. The van der Waals surface area contributed by atoms with E-state index in [0.29, 0.717) is 24.5 Å². The fourth-order valence-electron chi connectivity index (χ4n) is 3.04. The molecule has 3 rings (SSSR count). The summed E-state index contributed by atoms with van der Waals surface area (Å²) < 4.78 is 35.3. The molecule has 0 N–H and O–H groups in total. The van der Waals surface area contributed by atoms with E-state index in [-0.39, 0.29) is 22.7 Å². The minimum atomic E-state index is -3.99. The third-order valence-electron chi connectivity index (χ3n) is 4.85. The Bertz CT molecular complexity index is 943. The van der Waals surface area contributed by atoms with Crippen LogP contribution >= 0.6 is 0 Å². The third kappa shape index (κ3) is 4.06. The fourth-order valence-corrected chi connectivity index (χ4v) is 3.97. The quantitative estimate of drug-likeness (QED) is 0.660. The molecule has 8 heteroatoms. The lowest BCUT2D eigenvalue weighted by Crippen LogP contribution is -2.37. The van der Waals surface area contributed by atoms with Crippen LogP contribution in [0.4, 0.5) is 10.5 Å². The van der Waals surface area contributed by atoms with E-state index >= 15 is 0 Å². The van der Waals surface area contributed by atoms with E-state index in [1.54, 1.807) is 35.2 Å². The van der Waals surface area contributed by atoms with Gasteiger partial charge in [-0.2, -0.15) is 8.42 Å². The summed E-state index contributed by atoms with van der Waals surface area (Å²) in [5, 5.41) is 0. The number of ether oxygens (including phenoxy) is 1. The van der Waals surface area contributed by atoms with Crippen molar-refractivity contribution in [1.82, 2.24) is 4.90 Å². The number of hydrogen-bond donors (Lipinski definition) is 0. The molecule has 1 fully saturated rings. The van der Waals surface area contributed by atoms with Crippen LogP contribution in [0.25, 0.3) is 0 Å². The zero-order valence-corrected chi connectivity index (χ0v) is 17.0. The van der Waals surface area contributed by atoms with Gasteiger partial charge < -0.3 is 13.8 Å². The van der Waals surface area contributed by atoms with Crippen LogP contribution < -0.4 is 13.8 Å². The van der Waals surface area contributed by atoms with E-state index in [1.807, 2.05) is 18.7 Å². The maximum Gasteiger partial charge on any atom is 0.339 e. The van der Waals surface area contributed by atoms with Gasteiger partial charge in [-0.25, -0.2) is 4.79 Å². The Kier molecular flexibility index (Phi) is 5.79. The predicted molar refractivity (Wildman–Crippen MR) is 106 cm³/mol. The maximum absolute atomic E-state index is 12.6. The molecule has 1 atom stereocenters. The van der Waals surface area contributed by atoms with E-state index in [4.69, 9.17) is 8.92 Å². The van der Waals surface area contributed by atoms with Gasteiger partial charge in [0.05, 0.1) is 7.11 Å². The minimum absolute atomic E-state index is 0.0181. The van der Waals surface area contributed by atoms with Crippen molar-refractivity contribution >= 4 is 21.8 Å². The lowest BCUT2D eigenvalue weighted by molar-refractivity contribution is 0.203. The summed E-state index contributed by atoms with van der Waals surface area (Å²) in [6, 6.07) is 12.7. The number of urea groups is 1. The monoisotopic (exact) mass is 404 g/mol. The van der Waals surface area contributed by atoms with Crippen molar-refractivity contribution in [2.45, 2.75) is 31.2 Å². The molecule has 0 aliphatic carbocycles. The Morgan fingerprint density at radius 2 is 1.75 bits per heavy atom. The van der Waals surface area contributed by atoms with Gasteiger partial charge in [0.1, 0.15) is 16.4 Å². The number of rotatable bonds is 7. The van der Waals surface area contributed by atoms with E-state index in [1.165, 1.54) is 25.3 Å². The standard InChI is InChI=1S/C20H24N2O5S/c1-4-15(2)21-12-13-22(20(21)23)16-8-10-19(11-9-16)28(24,25)27-18-7-5-6-17(14-18)26-3/h5-11,14-15H,4,12-13H2,1-3H3. The van der Waals surface area contributed by atoms with Gasteiger partial charge in [-0.1, -0.05) is 13.0 Å². The third-order valence-corrected chi connectivity index (χ3v) is 6.11. The topological polar surface area (TPSA) is 76.2 Å². The highest BCUT2D eigenvalue weighted by atomic mass is 32.2. The first-order valence-electron chi connectivity index (χ1n) is 9.12. The molecule has 0 spiro atoms. The summed E-state index contributed by atoms with van der Waals surface area (Å²) in [6.07, 6.45) is 0.887. The lowest BCUT2D eigenvalue weighted by Gasteiger charge is -2.23. The molecule has 1 unspecified atom stereocenters. The number of anilines is 1. The summed E-state index contributed by atoms with van der Waals surface area (Å²) in [5.41, 5.74) is 0.663. The van der Waals surface area contributed by atoms with E-state index in [0.717, 1.165) is 6.42 Å². The molecule has 1 aliphatic heterocycles. The van der Waals surface area contributed by atoms with Crippen molar-refractivity contribution in [3.63, 3.8) is 0 Å². The zero-order valence-electron chi connectivity index (χ0n) is 16.2. The number of amides is 2. The van der Waals surface area contributed by atoms with Crippen molar-refractivity contribution < 1.29 is 22.1 Å². The van der Waals surface area contributed by atoms with Crippen molar-refractivity contribution in [1.29, 1.82) is 0 Å². The number of nitrogens with zero attached hydrogens (tertiary/aromatic N) is 2. The SMILES string of the molecule is CCC(C)N1CCN(c2ccc(S(=O)(=O)Oc3cccc(OC)c3)cc2)C1=O. The lowest BCUT2D eigenvalue weighted by atomic mass is 10.2. The van der Waals surface area contributed by atoms with Crippen LogP contribution in [0.1, 0.15) is 20.3 Å². The Labute approximate surface area is 165 Å². The normalized spacial score (nSPS) is 15.6. The predicted octanol–water partition coefficient (Wildman–Crippen LogP) is 3.50. The second-order valence-corrected chi connectivity index (χ2v) is 8.14. The molecule has 1 aliphatic rings. The van der Waals surface area contributed by atoms with Crippen LogP contribution in [0.3, 0.4) is 0 Å². The molecule has 150 valence electrons. The second kappa shape index (κ2) is 8.10. The van der Waals surface area contributed by atoms with Crippen molar-refractivity contribution in [3.05, 3.63) is 48.5 Å². The molecule has 2 amide bonds. The first-order valence-corrected chi connectivity index (χ1v) is 10.5. The Morgan fingerprint density at radius 3 is 2.39 bits per heavy atom. The highest BCUT2D eigenvalue weighted by molar-refractivity contribution is 7.87. The van der Waals surface area contributed by atoms with Gasteiger partial charge in [0.2, 0.25) is 0 Å². The van der Waals surface area contributed by atoms with E-state index in [9.17, 15) is 13.2 Å². The van der Waals surface area contributed by atoms with E-state index in [2.05, 4.69) is 0 Å². The summed E-state index contributed by atoms with van der Waals surface area (Å²) in [4.78, 5) is 16.1. The van der Waals surface area contributed by atoms with Crippen LogP contribution in [-0.2, 0) is 10.1 Å². The largest absolute Gasteiger partial charge is 0.497 e. The molecule has 0 aromatic heterocycles. The number of carbonyl (C=O) groups is 1.